The Labute approximate surface area is 119 Å². The van der Waals surface area contributed by atoms with E-state index >= 15 is 0 Å². The topological polar surface area (TPSA) is 32.3 Å². The number of hydrogen-bond acceptors (Lipinski definition) is 4. The second-order valence-corrected chi connectivity index (χ2v) is 5.28. The van der Waals surface area contributed by atoms with Gasteiger partial charge in [0, 0.05) is 33.9 Å². The third-order valence-corrected chi connectivity index (χ3v) is 3.35. The van der Waals surface area contributed by atoms with E-state index in [1.165, 1.54) is 0 Å². The molecule has 4 nitrogen and oxygen atoms in total. The summed E-state index contributed by atoms with van der Waals surface area (Å²) < 4.78 is 0. The Balaban J connectivity index is 2.16. The summed E-state index contributed by atoms with van der Waals surface area (Å²) in [6, 6.07) is 6.12. The number of allylic oxidation sites excluding steroid dienone is 1. The summed E-state index contributed by atoms with van der Waals surface area (Å²) in [5.74, 6) is 0. The zero-order valence-electron chi connectivity index (χ0n) is 12.2. The van der Waals surface area contributed by atoms with E-state index in [2.05, 4.69) is 28.1 Å². The van der Waals surface area contributed by atoms with Crippen LogP contribution >= 0.6 is 0 Å². The van der Waals surface area contributed by atoms with Crippen molar-refractivity contribution in [3.63, 3.8) is 0 Å². The molecule has 20 heavy (non-hydrogen) atoms. The van der Waals surface area contributed by atoms with Gasteiger partial charge in [-0.3, -0.25) is 0 Å². The molecule has 0 fully saturated rings. The van der Waals surface area contributed by atoms with Crippen molar-refractivity contribution >= 4 is 22.8 Å². The van der Waals surface area contributed by atoms with Gasteiger partial charge >= 0.3 is 0 Å². The quantitative estimate of drug-likeness (QED) is 0.780. The van der Waals surface area contributed by atoms with Crippen LogP contribution in [0.25, 0.3) is 17.1 Å². The fraction of sp³-hybridized carbons (Fsp3) is 0.250. The molecular weight excluding hydrogens is 248 g/mol. The first-order valence-corrected chi connectivity index (χ1v) is 6.52. The minimum atomic E-state index is 0.806. The van der Waals surface area contributed by atoms with Crippen LogP contribution in [0.5, 0.6) is 0 Å². The maximum atomic E-state index is 4.72. The minimum absolute atomic E-state index is 0.806. The Morgan fingerprint density at radius 1 is 0.950 bits per heavy atom. The molecule has 0 N–H and O–H groups in total. The molecule has 0 amide bonds. The summed E-state index contributed by atoms with van der Waals surface area (Å²) in [6.45, 7) is 0. The first-order valence-electron chi connectivity index (χ1n) is 6.52. The molecule has 3 rings (SSSR count). The van der Waals surface area contributed by atoms with Crippen LogP contribution in [0.3, 0.4) is 0 Å². The van der Waals surface area contributed by atoms with Crippen LogP contribution in [0, 0.1) is 6.08 Å². The fourth-order valence-corrected chi connectivity index (χ4v) is 2.12. The van der Waals surface area contributed by atoms with E-state index in [1.54, 1.807) is 0 Å². The zero-order valence-corrected chi connectivity index (χ0v) is 12.2. The predicted octanol–water partition coefficient (Wildman–Crippen LogP) is 2.32. The summed E-state index contributed by atoms with van der Waals surface area (Å²) in [4.78, 5) is 13.4. The standard InChI is InChI=1S/C16H17N4/c1-19(2)11-5-7-13-15(9-11)18-16-10-12(20(3)4)6-8-14(16)17-13/h5-7,9-10H,1-4H3/q+1. The van der Waals surface area contributed by atoms with Crippen LogP contribution in [-0.4, -0.2) is 43.1 Å². The Morgan fingerprint density at radius 2 is 1.75 bits per heavy atom. The van der Waals surface area contributed by atoms with Crippen molar-refractivity contribution in [1.29, 1.82) is 0 Å². The van der Waals surface area contributed by atoms with Gasteiger partial charge in [0.25, 0.3) is 5.69 Å². The molecule has 0 spiro atoms. The molecule has 0 aliphatic heterocycles. The van der Waals surface area contributed by atoms with Gasteiger partial charge in [0.15, 0.2) is 5.70 Å². The molecule has 100 valence electrons. The molecule has 1 aliphatic carbocycles. The van der Waals surface area contributed by atoms with Gasteiger partial charge < -0.3 is 9.80 Å². The molecule has 4 heteroatoms. The van der Waals surface area contributed by atoms with Crippen molar-refractivity contribution in [2.75, 3.05) is 33.1 Å². The van der Waals surface area contributed by atoms with E-state index in [4.69, 9.17) is 4.98 Å². The van der Waals surface area contributed by atoms with Gasteiger partial charge in [-0.1, -0.05) is 0 Å². The average molecular weight is 265 g/mol. The SMILES string of the molecule is CN(C)C1=Cc2nc3cc(N(C)C)ccc3nc2[C+]=C1. The summed E-state index contributed by atoms with van der Waals surface area (Å²) in [5, 5.41) is 0. The molecule has 1 aromatic carbocycles. The van der Waals surface area contributed by atoms with Gasteiger partial charge in [-0.2, -0.15) is 4.98 Å². The van der Waals surface area contributed by atoms with Crippen molar-refractivity contribution in [3.8, 4) is 0 Å². The van der Waals surface area contributed by atoms with Gasteiger partial charge in [0.1, 0.15) is 17.7 Å². The van der Waals surface area contributed by atoms with Gasteiger partial charge in [-0.25, -0.2) is 4.98 Å². The number of likely N-dealkylation sites (N-methyl/N-ethyl adjacent to an activating group) is 1. The van der Waals surface area contributed by atoms with Crippen molar-refractivity contribution in [2.24, 2.45) is 0 Å². The van der Waals surface area contributed by atoms with E-state index in [1.807, 2.05) is 51.3 Å². The lowest BCUT2D eigenvalue weighted by Gasteiger charge is -2.13. The summed E-state index contributed by atoms with van der Waals surface area (Å²) in [7, 11) is 8.06. The molecular formula is C16H17N4+. The number of benzene rings is 1. The molecule has 0 bridgehead atoms. The van der Waals surface area contributed by atoms with Gasteiger partial charge in [0.2, 0.25) is 5.69 Å². The molecule has 0 radical (unpaired) electrons. The van der Waals surface area contributed by atoms with Gasteiger partial charge in [0.05, 0.1) is 11.6 Å². The van der Waals surface area contributed by atoms with Crippen LogP contribution in [0.2, 0.25) is 0 Å². The Bertz CT molecular complexity index is 727. The van der Waals surface area contributed by atoms with Crippen LogP contribution in [0.15, 0.2) is 30.0 Å². The molecule has 0 saturated heterocycles. The average Bonchev–Trinajstić information content (AvgIpc) is 2.43. The van der Waals surface area contributed by atoms with Gasteiger partial charge in [-0.15, -0.1) is 0 Å². The first-order chi connectivity index (χ1) is 9.54. The number of rotatable bonds is 2. The monoisotopic (exact) mass is 265 g/mol. The largest absolute Gasteiger partial charge is 0.378 e. The third-order valence-electron chi connectivity index (χ3n) is 3.35. The maximum Gasteiger partial charge on any atom is 0.256 e. The Morgan fingerprint density at radius 3 is 2.45 bits per heavy atom. The lowest BCUT2D eigenvalue weighted by molar-refractivity contribution is 0.533. The second kappa shape index (κ2) is 4.58. The van der Waals surface area contributed by atoms with Crippen molar-refractivity contribution in [1.82, 2.24) is 14.9 Å². The van der Waals surface area contributed by atoms with Crippen LogP contribution in [-0.2, 0) is 0 Å². The first kappa shape index (κ1) is 12.6. The van der Waals surface area contributed by atoms with E-state index in [0.717, 1.165) is 33.8 Å². The van der Waals surface area contributed by atoms with E-state index in [0.29, 0.717) is 0 Å². The molecule has 2 aromatic rings. The highest BCUT2D eigenvalue weighted by Crippen LogP contribution is 2.23. The summed E-state index contributed by atoms with van der Waals surface area (Å²) >= 11 is 0. The molecule has 0 atom stereocenters. The maximum absolute atomic E-state index is 4.72. The highest BCUT2D eigenvalue weighted by atomic mass is 15.1. The van der Waals surface area contributed by atoms with Crippen LogP contribution in [0.4, 0.5) is 5.69 Å². The molecule has 1 heterocycles. The molecule has 1 aliphatic rings. The molecule has 1 aromatic heterocycles. The van der Waals surface area contributed by atoms with Crippen LogP contribution in [0.1, 0.15) is 11.4 Å². The fourth-order valence-electron chi connectivity index (χ4n) is 2.12. The lowest BCUT2D eigenvalue weighted by Crippen LogP contribution is -2.12. The van der Waals surface area contributed by atoms with Crippen molar-refractivity contribution in [2.45, 2.75) is 0 Å². The smallest absolute Gasteiger partial charge is 0.256 e. The minimum Gasteiger partial charge on any atom is -0.378 e. The number of aromatic nitrogens is 2. The normalized spacial score (nSPS) is 12.7. The highest BCUT2D eigenvalue weighted by molar-refractivity contribution is 5.81. The predicted molar refractivity (Wildman–Crippen MR) is 82.4 cm³/mol. The van der Waals surface area contributed by atoms with E-state index in [9.17, 15) is 0 Å². The van der Waals surface area contributed by atoms with E-state index < -0.39 is 0 Å². The molecule has 0 saturated carbocycles. The van der Waals surface area contributed by atoms with Crippen molar-refractivity contribution < 1.29 is 0 Å². The summed E-state index contributed by atoms with van der Waals surface area (Å²) in [6.07, 6.45) is 7.19. The summed E-state index contributed by atoms with van der Waals surface area (Å²) in [5.41, 5.74) is 5.69. The van der Waals surface area contributed by atoms with Gasteiger partial charge in [-0.05, 0) is 18.2 Å². The molecule has 0 unspecified atom stereocenters. The number of fused-ring (bicyclic) bond motifs is 2. The Kier molecular flexibility index (Phi) is 2.88. The zero-order chi connectivity index (χ0) is 14.3. The Hall–Kier alpha value is -2.45. The van der Waals surface area contributed by atoms with E-state index in [-0.39, 0.29) is 0 Å². The number of anilines is 1. The third kappa shape index (κ3) is 2.10. The van der Waals surface area contributed by atoms with Crippen molar-refractivity contribution in [3.05, 3.63) is 47.4 Å². The second-order valence-electron chi connectivity index (χ2n) is 5.28. The highest BCUT2D eigenvalue weighted by Gasteiger charge is 2.20. The van der Waals surface area contributed by atoms with Crippen LogP contribution < -0.4 is 4.90 Å². The number of nitrogens with zero attached hydrogens (tertiary/aromatic N) is 4. The number of hydrogen-bond donors (Lipinski definition) is 0. The lowest BCUT2D eigenvalue weighted by atomic mass is 10.1.